The summed E-state index contributed by atoms with van der Waals surface area (Å²) in [6, 6.07) is 0.490. The van der Waals surface area contributed by atoms with Crippen molar-refractivity contribution in [3.05, 3.63) is 0 Å². The average Bonchev–Trinajstić information content (AvgIpc) is 2.25. The zero-order chi connectivity index (χ0) is 15.1. The Bertz CT molecular complexity index is 273. The van der Waals surface area contributed by atoms with Crippen LogP contribution in [0.5, 0.6) is 0 Å². The van der Waals surface area contributed by atoms with Gasteiger partial charge in [0.1, 0.15) is 0 Å². The third-order valence-electron chi connectivity index (χ3n) is 2.89. The summed E-state index contributed by atoms with van der Waals surface area (Å²) in [4.78, 5) is 11.4. The van der Waals surface area contributed by atoms with E-state index >= 15 is 0 Å². The predicted octanol–water partition coefficient (Wildman–Crippen LogP) is 2.19. The molecule has 0 atom stereocenters. The van der Waals surface area contributed by atoms with Gasteiger partial charge in [-0.3, -0.25) is 4.79 Å². The van der Waals surface area contributed by atoms with Crippen LogP contribution in [0.1, 0.15) is 48.0 Å². The van der Waals surface area contributed by atoms with Gasteiger partial charge in [-0.2, -0.15) is 0 Å². The molecule has 0 aliphatic rings. The number of nitrogens with one attached hydrogen (secondary N) is 2. The van der Waals surface area contributed by atoms with Gasteiger partial charge >= 0.3 is 0 Å². The van der Waals surface area contributed by atoms with Gasteiger partial charge in [-0.15, -0.1) is 0 Å². The molecule has 1 amide bonds. The van der Waals surface area contributed by atoms with E-state index in [1.54, 1.807) is 7.05 Å². The number of hydrogen-bond donors (Lipinski definition) is 2. The molecule has 4 nitrogen and oxygen atoms in total. The van der Waals surface area contributed by atoms with Gasteiger partial charge < -0.3 is 15.4 Å². The normalized spacial score (nSPS) is 12.8. The fourth-order valence-corrected chi connectivity index (χ4v) is 1.71. The van der Waals surface area contributed by atoms with Crippen LogP contribution >= 0.6 is 0 Å². The van der Waals surface area contributed by atoms with Crippen LogP contribution in [-0.4, -0.2) is 38.8 Å². The average molecular weight is 272 g/mol. The molecular formula is C15H32N2O2. The van der Waals surface area contributed by atoms with Gasteiger partial charge in [0.15, 0.2) is 0 Å². The molecule has 2 N–H and O–H groups in total. The van der Waals surface area contributed by atoms with Crippen LogP contribution in [0.3, 0.4) is 0 Å². The largest absolute Gasteiger partial charge is 0.380 e. The first-order valence-electron chi connectivity index (χ1n) is 7.10. The van der Waals surface area contributed by atoms with Crippen molar-refractivity contribution in [2.45, 2.75) is 54.0 Å². The molecule has 0 bridgehead atoms. The summed E-state index contributed by atoms with van der Waals surface area (Å²) < 4.78 is 5.82. The van der Waals surface area contributed by atoms with E-state index in [9.17, 15) is 4.79 Å². The zero-order valence-corrected chi connectivity index (χ0v) is 13.7. The van der Waals surface area contributed by atoms with E-state index in [1.807, 2.05) is 0 Å². The standard InChI is InChI=1S/C15H32N2O2/c1-12(2)17-9-15(5,6)11-19-10-14(3,4)8-13(18)16-7/h12,17H,8-11H2,1-7H3,(H,16,18). The smallest absolute Gasteiger partial charge is 0.220 e. The molecule has 0 spiro atoms. The molecule has 114 valence electrons. The van der Waals surface area contributed by atoms with Crippen LogP contribution in [0.25, 0.3) is 0 Å². The van der Waals surface area contributed by atoms with Crippen molar-refractivity contribution in [3.63, 3.8) is 0 Å². The molecule has 0 fully saturated rings. The van der Waals surface area contributed by atoms with Gasteiger partial charge in [0.2, 0.25) is 5.91 Å². The topological polar surface area (TPSA) is 50.4 Å². The van der Waals surface area contributed by atoms with Crippen molar-refractivity contribution in [1.82, 2.24) is 10.6 Å². The predicted molar refractivity (Wildman–Crippen MR) is 80.2 cm³/mol. The number of rotatable bonds is 9. The minimum Gasteiger partial charge on any atom is -0.380 e. The highest BCUT2D eigenvalue weighted by Crippen LogP contribution is 2.22. The summed E-state index contributed by atoms with van der Waals surface area (Å²) in [5, 5.41) is 6.09. The fourth-order valence-electron chi connectivity index (χ4n) is 1.71. The van der Waals surface area contributed by atoms with E-state index in [4.69, 9.17) is 4.74 Å². The van der Waals surface area contributed by atoms with E-state index in [-0.39, 0.29) is 16.7 Å². The molecule has 19 heavy (non-hydrogen) atoms. The van der Waals surface area contributed by atoms with Crippen molar-refractivity contribution in [3.8, 4) is 0 Å². The Kier molecular flexibility index (Phi) is 7.60. The Morgan fingerprint density at radius 1 is 1.11 bits per heavy atom. The van der Waals surface area contributed by atoms with Gasteiger partial charge in [0.05, 0.1) is 13.2 Å². The number of amides is 1. The maximum atomic E-state index is 11.4. The minimum atomic E-state index is -0.123. The number of ether oxygens (including phenoxy) is 1. The molecule has 0 aromatic carbocycles. The van der Waals surface area contributed by atoms with Crippen LogP contribution < -0.4 is 10.6 Å². The Balaban J connectivity index is 4.02. The molecule has 4 heteroatoms. The molecular weight excluding hydrogens is 240 g/mol. The second-order valence-electron chi connectivity index (χ2n) is 7.21. The highest BCUT2D eigenvalue weighted by atomic mass is 16.5. The monoisotopic (exact) mass is 272 g/mol. The van der Waals surface area contributed by atoms with Crippen molar-refractivity contribution >= 4 is 5.91 Å². The SMILES string of the molecule is CNC(=O)CC(C)(C)COCC(C)(C)CNC(C)C. The summed E-state index contributed by atoms with van der Waals surface area (Å²) in [7, 11) is 1.67. The lowest BCUT2D eigenvalue weighted by Crippen LogP contribution is -2.38. The van der Waals surface area contributed by atoms with Crippen LogP contribution in [0.15, 0.2) is 0 Å². The first-order valence-corrected chi connectivity index (χ1v) is 7.10. The van der Waals surface area contributed by atoms with E-state index in [1.165, 1.54) is 0 Å². The molecule has 0 rings (SSSR count). The van der Waals surface area contributed by atoms with Crippen molar-refractivity contribution in [2.24, 2.45) is 10.8 Å². The number of carbonyl (C=O) groups excluding carboxylic acids is 1. The molecule has 0 radical (unpaired) electrons. The van der Waals surface area contributed by atoms with Gasteiger partial charge in [-0.25, -0.2) is 0 Å². The van der Waals surface area contributed by atoms with E-state index in [0.29, 0.717) is 25.7 Å². The fraction of sp³-hybridized carbons (Fsp3) is 0.933. The van der Waals surface area contributed by atoms with Gasteiger partial charge in [0, 0.05) is 31.5 Å². The highest BCUT2D eigenvalue weighted by molar-refractivity contribution is 5.76. The molecule has 0 heterocycles. The first kappa shape index (κ1) is 18.4. The van der Waals surface area contributed by atoms with E-state index < -0.39 is 0 Å². The third-order valence-corrected chi connectivity index (χ3v) is 2.89. The maximum absolute atomic E-state index is 11.4. The molecule has 0 aromatic heterocycles. The number of carbonyl (C=O) groups is 1. The van der Waals surface area contributed by atoms with Crippen LogP contribution in [0, 0.1) is 10.8 Å². The minimum absolute atomic E-state index is 0.0642. The molecule has 0 aliphatic carbocycles. The van der Waals surface area contributed by atoms with Gasteiger partial charge in [0.25, 0.3) is 0 Å². The molecule has 0 saturated carbocycles. The van der Waals surface area contributed by atoms with Gasteiger partial charge in [-0.1, -0.05) is 41.5 Å². The summed E-state index contributed by atoms with van der Waals surface area (Å²) in [5.41, 5.74) is -0.0188. The van der Waals surface area contributed by atoms with Gasteiger partial charge in [-0.05, 0) is 5.41 Å². The quantitative estimate of drug-likeness (QED) is 0.676. The molecule has 0 aliphatic heterocycles. The Hall–Kier alpha value is -0.610. The lowest BCUT2D eigenvalue weighted by Gasteiger charge is -2.29. The summed E-state index contributed by atoms with van der Waals surface area (Å²) in [6.07, 6.45) is 0.494. The van der Waals surface area contributed by atoms with Crippen molar-refractivity contribution in [2.75, 3.05) is 26.8 Å². The Labute approximate surface area is 118 Å². The van der Waals surface area contributed by atoms with E-state index in [0.717, 1.165) is 6.54 Å². The van der Waals surface area contributed by atoms with E-state index in [2.05, 4.69) is 52.2 Å². The Morgan fingerprint density at radius 3 is 2.11 bits per heavy atom. The summed E-state index contributed by atoms with van der Waals surface area (Å²) in [6.45, 7) is 15.0. The third kappa shape index (κ3) is 9.91. The summed E-state index contributed by atoms with van der Waals surface area (Å²) >= 11 is 0. The highest BCUT2D eigenvalue weighted by Gasteiger charge is 2.24. The Morgan fingerprint density at radius 2 is 1.63 bits per heavy atom. The summed E-state index contributed by atoms with van der Waals surface area (Å²) in [5.74, 6) is 0.0642. The lowest BCUT2D eigenvalue weighted by atomic mass is 9.89. The second kappa shape index (κ2) is 7.85. The maximum Gasteiger partial charge on any atom is 0.220 e. The molecule has 0 saturated heterocycles. The molecule has 0 unspecified atom stereocenters. The van der Waals surface area contributed by atoms with Crippen LogP contribution in [0.2, 0.25) is 0 Å². The lowest BCUT2D eigenvalue weighted by molar-refractivity contribution is -0.123. The molecule has 0 aromatic rings. The first-order chi connectivity index (χ1) is 8.58. The zero-order valence-electron chi connectivity index (χ0n) is 13.7. The van der Waals surface area contributed by atoms with Crippen molar-refractivity contribution in [1.29, 1.82) is 0 Å². The second-order valence-corrected chi connectivity index (χ2v) is 7.21. The van der Waals surface area contributed by atoms with Crippen molar-refractivity contribution < 1.29 is 9.53 Å². The van der Waals surface area contributed by atoms with Crippen LogP contribution in [0.4, 0.5) is 0 Å². The van der Waals surface area contributed by atoms with Crippen LogP contribution in [-0.2, 0) is 9.53 Å². The number of hydrogen-bond acceptors (Lipinski definition) is 3.